The van der Waals surface area contributed by atoms with Crippen LogP contribution in [-0.4, -0.2) is 20.4 Å². The van der Waals surface area contributed by atoms with Crippen LogP contribution in [0.4, 0.5) is 5.82 Å². The van der Waals surface area contributed by atoms with Gasteiger partial charge in [0.1, 0.15) is 0 Å². The minimum Gasteiger partial charge on any atom is -0.361 e. The second-order valence-electron chi connectivity index (χ2n) is 4.85. The maximum Gasteiger partial charge on any atom is 0.346 e. The van der Waals surface area contributed by atoms with Crippen LogP contribution in [0.2, 0.25) is 0 Å². The number of aromatic nitrogens is 3. The summed E-state index contributed by atoms with van der Waals surface area (Å²) in [4.78, 5) is 23.5. The van der Waals surface area contributed by atoms with Gasteiger partial charge in [-0.2, -0.15) is 0 Å². The second-order valence-corrected chi connectivity index (χ2v) is 4.85. The number of hydrogen-bond donors (Lipinski definition) is 1. The molecule has 0 aliphatic carbocycles. The van der Waals surface area contributed by atoms with Gasteiger partial charge in [0.25, 0.3) is 5.56 Å². The molecule has 1 heterocycles. The fourth-order valence-electron chi connectivity index (χ4n) is 2.04. The molecule has 1 atom stereocenters. The lowest BCUT2D eigenvalue weighted by Crippen LogP contribution is -2.41. The molecule has 1 N–H and O–H groups in total. The Bertz CT molecular complexity index is 703. The zero-order valence-corrected chi connectivity index (χ0v) is 11.8. The van der Waals surface area contributed by atoms with E-state index in [-0.39, 0.29) is 11.9 Å². The highest BCUT2D eigenvalue weighted by molar-refractivity contribution is 5.31. The number of nitrogens with one attached hydrogen (secondary N) is 1. The molecule has 2 rings (SSSR count). The summed E-state index contributed by atoms with van der Waals surface area (Å²) in [6.45, 7) is 1.97. The summed E-state index contributed by atoms with van der Waals surface area (Å²) in [7, 11) is 2.97. The van der Waals surface area contributed by atoms with Crippen molar-refractivity contribution >= 4 is 5.82 Å². The van der Waals surface area contributed by atoms with Gasteiger partial charge in [0.2, 0.25) is 5.82 Å². The van der Waals surface area contributed by atoms with Gasteiger partial charge in [0, 0.05) is 20.1 Å². The van der Waals surface area contributed by atoms with Crippen molar-refractivity contribution in [2.45, 2.75) is 19.4 Å². The van der Waals surface area contributed by atoms with Gasteiger partial charge in [-0.1, -0.05) is 30.3 Å². The van der Waals surface area contributed by atoms with Gasteiger partial charge < -0.3 is 5.32 Å². The summed E-state index contributed by atoms with van der Waals surface area (Å²) in [5.74, 6) is 0.193. The monoisotopic (exact) mass is 274 g/mol. The first-order valence-electron chi connectivity index (χ1n) is 6.44. The largest absolute Gasteiger partial charge is 0.361 e. The lowest BCUT2D eigenvalue weighted by atomic mass is 10.1. The van der Waals surface area contributed by atoms with Crippen LogP contribution in [0.15, 0.2) is 39.9 Å². The van der Waals surface area contributed by atoms with Gasteiger partial charge in [-0.05, 0) is 18.9 Å². The Kier molecular flexibility index (Phi) is 4.02. The predicted molar refractivity (Wildman–Crippen MR) is 77.9 cm³/mol. The lowest BCUT2D eigenvalue weighted by molar-refractivity contribution is 0.599. The number of nitrogens with zero attached hydrogens (tertiary/aromatic N) is 3. The van der Waals surface area contributed by atoms with Crippen LogP contribution >= 0.6 is 0 Å². The van der Waals surface area contributed by atoms with E-state index in [1.165, 1.54) is 19.7 Å². The third-order valence-corrected chi connectivity index (χ3v) is 3.09. The first-order chi connectivity index (χ1) is 9.49. The Morgan fingerprint density at radius 3 is 2.50 bits per heavy atom. The van der Waals surface area contributed by atoms with Crippen molar-refractivity contribution in [2.24, 2.45) is 14.1 Å². The van der Waals surface area contributed by atoms with E-state index < -0.39 is 11.2 Å². The number of hydrogen-bond acceptors (Lipinski definition) is 4. The van der Waals surface area contributed by atoms with Crippen molar-refractivity contribution < 1.29 is 0 Å². The van der Waals surface area contributed by atoms with E-state index in [2.05, 4.69) is 10.4 Å². The molecule has 1 unspecified atom stereocenters. The van der Waals surface area contributed by atoms with E-state index in [9.17, 15) is 9.59 Å². The molecule has 1 aromatic carbocycles. The van der Waals surface area contributed by atoms with E-state index in [0.29, 0.717) is 0 Å². The molecule has 0 bridgehead atoms. The number of anilines is 1. The summed E-state index contributed by atoms with van der Waals surface area (Å²) >= 11 is 0. The molecule has 20 heavy (non-hydrogen) atoms. The molecule has 0 aliphatic rings. The summed E-state index contributed by atoms with van der Waals surface area (Å²) in [5, 5.41) is 7.04. The fraction of sp³-hybridized carbons (Fsp3) is 0.357. The highest BCUT2D eigenvalue weighted by atomic mass is 16.2. The highest BCUT2D eigenvalue weighted by Crippen LogP contribution is 2.05. The molecule has 6 nitrogen and oxygen atoms in total. The average Bonchev–Trinajstić information content (AvgIpc) is 2.43. The van der Waals surface area contributed by atoms with Gasteiger partial charge >= 0.3 is 5.69 Å². The first kappa shape index (κ1) is 14.0. The lowest BCUT2D eigenvalue weighted by Gasteiger charge is -2.15. The Balaban J connectivity index is 2.18. The quantitative estimate of drug-likeness (QED) is 0.882. The van der Waals surface area contributed by atoms with Crippen LogP contribution in [-0.2, 0) is 20.5 Å². The Morgan fingerprint density at radius 1 is 1.20 bits per heavy atom. The van der Waals surface area contributed by atoms with Crippen molar-refractivity contribution in [3.8, 4) is 0 Å². The van der Waals surface area contributed by atoms with Crippen LogP contribution in [0.5, 0.6) is 0 Å². The van der Waals surface area contributed by atoms with Gasteiger partial charge in [-0.25, -0.2) is 9.48 Å². The SMILES string of the molecule is CC(Cc1ccccc1)Nc1nn(C)c(=O)n(C)c1=O. The Hall–Kier alpha value is -2.37. The average molecular weight is 274 g/mol. The molecule has 0 radical (unpaired) electrons. The van der Waals surface area contributed by atoms with Crippen molar-refractivity contribution in [1.82, 2.24) is 14.3 Å². The highest BCUT2D eigenvalue weighted by Gasteiger charge is 2.11. The normalized spacial score (nSPS) is 12.2. The van der Waals surface area contributed by atoms with E-state index in [1.54, 1.807) is 0 Å². The molecule has 0 saturated carbocycles. The molecule has 0 saturated heterocycles. The number of aryl methyl sites for hydroxylation is 1. The molecule has 0 aliphatic heterocycles. The fourth-order valence-corrected chi connectivity index (χ4v) is 2.04. The maximum absolute atomic E-state index is 12.0. The van der Waals surface area contributed by atoms with Crippen molar-refractivity contribution in [3.63, 3.8) is 0 Å². The molecule has 106 valence electrons. The van der Waals surface area contributed by atoms with Gasteiger partial charge in [-0.15, -0.1) is 5.10 Å². The number of rotatable bonds is 4. The van der Waals surface area contributed by atoms with Gasteiger partial charge in [-0.3, -0.25) is 9.36 Å². The Morgan fingerprint density at radius 2 is 1.85 bits per heavy atom. The molecule has 2 aromatic rings. The smallest absolute Gasteiger partial charge is 0.346 e. The zero-order chi connectivity index (χ0) is 14.7. The summed E-state index contributed by atoms with van der Waals surface area (Å²) in [6, 6.07) is 10.0. The van der Waals surface area contributed by atoms with E-state index in [4.69, 9.17) is 0 Å². The molecular weight excluding hydrogens is 256 g/mol. The minimum absolute atomic E-state index is 0.0371. The molecule has 6 heteroatoms. The van der Waals surface area contributed by atoms with E-state index in [0.717, 1.165) is 15.7 Å². The van der Waals surface area contributed by atoms with Crippen LogP contribution in [0.25, 0.3) is 0 Å². The summed E-state index contributed by atoms with van der Waals surface area (Å²) in [5.41, 5.74) is 0.332. The van der Waals surface area contributed by atoms with Gasteiger partial charge in [0.15, 0.2) is 0 Å². The van der Waals surface area contributed by atoms with Crippen molar-refractivity contribution in [3.05, 3.63) is 56.7 Å². The Labute approximate surface area is 116 Å². The van der Waals surface area contributed by atoms with Crippen LogP contribution in [0.1, 0.15) is 12.5 Å². The van der Waals surface area contributed by atoms with Crippen molar-refractivity contribution in [2.75, 3.05) is 5.32 Å². The molecule has 0 fully saturated rings. The number of benzene rings is 1. The van der Waals surface area contributed by atoms with E-state index >= 15 is 0 Å². The topological polar surface area (TPSA) is 68.9 Å². The zero-order valence-electron chi connectivity index (χ0n) is 11.8. The van der Waals surface area contributed by atoms with Crippen LogP contribution in [0.3, 0.4) is 0 Å². The standard InChI is InChI=1S/C14H18N4O2/c1-10(9-11-7-5-4-6-8-11)15-12-13(19)17(2)14(20)18(3)16-12/h4-8,10H,9H2,1-3H3,(H,15,16). The molecule has 0 spiro atoms. The van der Waals surface area contributed by atoms with E-state index in [1.807, 2.05) is 37.3 Å². The molecule has 0 amide bonds. The van der Waals surface area contributed by atoms with Crippen molar-refractivity contribution in [1.29, 1.82) is 0 Å². The first-order valence-corrected chi connectivity index (χ1v) is 6.44. The summed E-state index contributed by atoms with van der Waals surface area (Å²) in [6.07, 6.45) is 0.772. The van der Waals surface area contributed by atoms with Crippen LogP contribution < -0.4 is 16.6 Å². The molecule has 1 aromatic heterocycles. The predicted octanol–water partition coefficient (Wildman–Crippen LogP) is 0.522. The third-order valence-electron chi connectivity index (χ3n) is 3.09. The molecular formula is C14H18N4O2. The minimum atomic E-state index is -0.434. The van der Waals surface area contributed by atoms with Crippen LogP contribution in [0, 0.1) is 0 Å². The van der Waals surface area contributed by atoms with Gasteiger partial charge in [0.05, 0.1) is 0 Å². The maximum atomic E-state index is 12.0. The summed E-state index contributed by atoms with van der Waals surface area (Å²) < 4.78 is 2.20. The second kappa shape index (κ2) is 5.73. The third kappa shape index (κ3) is 2.96.